The standard InChI is InChI=1S/C10H14BrNS/c1-7(11)6-12-9(3)10-5-4-8(2)13-10/h4-5,9,12H,1,6H2,2-3H3. The van der Waals surface area contributed by atoms with E-state index in [9.17, 15) is 0 Å². The third-order valence-electron chi connectivity index (χ3n) is 1.79. The summed E-state index contributed by atoms with van der Waals surface area (Å²) in [4.78, 5) is 2.74. The Kier molecular flexibility index (Phi) is 4.16. The molecule has 1 aromatic heterocycles. The molecular formula is C10H14BrNS. The van der Waals surface area contributed by atoms with E-state index in [0.717, 1.165) is 11.0 Å². The molecule has 0 fully saturated rings. The summed E-state index contributed by atoms with van der Waals surface area (Å²) in [6, 6.07) is 4.74. The predicted octanol–water partition coefficient (Wildman–Crippen LogP) is 3.62. The van der Waals surface area contributed by atoms with Crippen LogP contribution in [-0.2, 0) is 0 Å². The molecule has 1 rings (SSSR count). The first kappa shape index (κ1) is 11.0. The van der Waals surface area contributed by atoms with Gasteiger partial charge in [-0.1, -0.05) is 22.5 Å². The molecule has 0 aromatic carbocycles. The summed E-state index contributed by atoms with van der Waals surface area (Å²) < 4.78 is 0.993. The van der Waals surface area contributed by atoms with E-state index in [0.29, 0.717) is 6.04 Å². The number of hydrogen-bond acceptors (Lipinski definition) is 2. The minimum atomic E-state index is 0.410. The summed E-state index contributed by atoms with van der Waals surface area (Å²) in [6.45, 7) is 8.90. The van der Waals surface area contributed by atoms with E-state index in [4.69, 9.17) is 0 Å². The largest absolute Gasteiger partial charge is 0.305 e. The van der Waals surface area contributed by atoms with Gasteiger partial charge in [-0.25, -0.2) is 0 Å². The number of nitrogens with one attached hydrogen (secondary N) is 1. The van der Waals surface area contributed by atoms with Crippen molar-refractivity contribution in [3.8, 4) is 0 Å². The molecule has 72 valence electrons. The van der Waals surface area contributed by atoms with Gasteiger partial charge in [0.2, 0.25) is 0 Å². The summed E-state index contributed by atoms with van der Waals surface area (Å²) in [7, 11) is 0. The van der Waals surface area contributed by atoms with Crippen molar-refractivity contribution in [2.75, 3.05) is 6.54 Å². The number of rotatable bonds is 4. The van der Waals surface area contributed by atoms with Crippen molar-refractivity contribution < 1.29 is 0 Å². The van der Waals surface area contributed by atoms with Crippen LogP contribution < -0.4 is 5.32 Å². The third kappa shape index (κ3) is 3.63. The van der Waals surface area contributed by atoms with E-state index in [-0.39, 0.29) is 0 Å². The molecule has 1 unspecified atom stereocenters. The minimum Gasteiger partial charge on any atom is -0.305 e. The zero-order chi connectivity index (χ0) is 9.84. The Balaban J connectivity index is 2.48. The van der Waals surface area contributed by atoms with Crippen LogP contribution in [0.1, 0.15) is 22.7 Å². The molecule has 0 aliphatic rings. The maximum Gasteiger partial charge on any atom is 0.0389 e. The highest BCUT2D eigenvalue weighted by molar-refractivity contribution is 9.11. The number of thiophene rings is 1. The lowest BCUT2D eigenvalue weighted by atomic mass is 10.3. The molecule has 1 N–H and O–H groups in total. The second-order valence-corrected chi connectivity index (χ2v) is 5.51. The molecule has 1 aromatic rings. The normalized spacial score (nSPS) is 12.8. The monoisotopic (exact) mass is 259 g/mol. The minimum absolute atomic E-state index is 0.410. The number of halogens is 1. The Morgan fingerprint density at radius 1 is 1.69 bits per heavy atom. The Morgan fingerprint density at radius 3 is 2.85 bits per heavy atom. The molecule has 0 saturated heterocycles. The predicted molar refractivity (Wildman–Crippen MR) is 63.5 cm³/mol. The molecule has 0 bridgehead atoms. The van der Waals surface area contributed by atoms with Gasteiger partial charge in [0.05, 0.1) is 0 Å². The average Bonchev–Trinajstić information content (AvgIpc) is 2.47. The van der Waals surface area contributed by atoms with E-state index in [1.165, 1.54) is 9.75 Å². The van der Waals surface area contributed by atoms with Crippen LogP contribution in [0.5, 0.6) is 0 Å². The molecular weight excluding hydrogens is 246 g/mol. The Bertz CT molecular complexity index is 293. The maximum atomic E-state index is 3.78. The van der Waals surface area contributed by atoms with E-state index in [2.05, 4.69) is 53.8 Å². The fraction of sp³-hybridized carbons (Fsp3) is 0.400. The molecule has 0 spiro atoms. The van der Waals surface area contributed by atoms with Gasteiger partial charge in [-0.3, -0.25) is 0 Å². The van der Waals surface area contributed by atoms with Crippen LogP contribution in [0.15, 0.2) is 23.2 Å². The molecule has 0 aliphatic carbocycles. The highest BCUT2D eigenvalue weighted by Crippen LogP contribution is 2.22. The molecule has 0 amide bonds. The molecule has 13 heavy (non-hydrogen) atoms. The fourth-order valence-electron chi connectivity index (χ4n) is 1.05. The summed E-state index contributed by atoms with van der Waals surface area (Å²) in [5, 5.41) is 3.38. The fourth-order valence-corrected chi connectivity index (χ4v) is 2.12. The van der Waals surface area contributed by atoms with E-state index < -0.39 is 0 Å². The Labute approximate surface area is 92.0 Å². The quantitative estimate of drug-likeness (QED) is 0.871. The summed E-state index contributed by atoms with van der Waals surface area (Å²) in [5.74, 6) is 0. The van der Waals surface area contributed by atoms with Gasteiger partial charge in [0.25, 0.3) is 0 Å². The smallest absolute Gasteiger partial charge is 0.0389 e. The lowest BCUT2D eigenvalue weighted by molar-refractivity contribution is 0.626. The molecule has 1 atom stereocenters. The summed E-state index contributed by atoms with van der Waals surface area (Å²) in [6.07, 6.45) is 0. The van der Waals surface area contributed by atoms with Gasteiger partial charge in [0, 0.05) is 26.8 Å². The van der Waals surface area contributed by atoms with Crippen LogP contribution in [0.3, 0.4) is 0 Å². The van der Waals surface area contributed by atoms with Crippen LogP contribution in [-0.4, -0.2) is 6.54 Å². The topological polar surface area (TPSA) is 12.0 Å². The number of hydrogen-bond donors (Lipinski definition) is 1. The lowest BCUT2D eigenvalue weighted by Gasteiger charge is -2.10. The van der Waals surface area contributed by atoms with Crippen molar-refractivity contribution in [1.82, 2.24) is 5.32 Å². The van der Waals surface area contributed by atoms with Gasteiger partial charge in [0.1, 0.15) is 0 Å². The van der Waals surface area contributed by atoms with Gasteiger partial charge in [0.15, 0.2) is 0 Å². The van der Waals surface area contributed by atoms with Crippen molar-refractivity contribution in [1.29, 1.82) is 0 Å². The summed E-state index contributed by atoms with van der Waals surface area (Å²) >= 11 is 5.17. The van der Waals surface area contributed by atoms with Crippen LogP contribution in [0.4, 0.5) is 0 Å². The maximum absolute atomic E-state index is 3.78. The first-order chi connectivity index (χ1) is 6.09. The average molecular weight is 260 g/mol. The molecule has 3 heteroatoms. The molecule has 1 nitrogen and oxygen atoms in total. The van der Waals surface area contributed by atoms with Crippen molar-refractivity contribution in [3.05, 3.63) is 32.9 Å². The first-order valence-corrected chi connectivity index (χ1v) is 5.83. The summed E-state index contributed by atoms with van der Waals surface area (Å²) in [5.41, 5.74) is 0. The second-order valence-electron chi connectivity index (χ2n) is 3.07. The molecule has 0 radical (unpaired) electrons. The zero-order valence-corrected chi connectivity index (χ0v) is 10.3. The van der Waals surface area contributed by atoms with Crippen LogP contribution in [0, 0.1) is 6.92 Å². The van der Waals surface area contributed by atoms with Crippen LogP contribution in [0.25, 0.3) is 0 Å². The second kappa shape index (κ2) is 4.94. The van der Waals surface area contributed by atoms with Gasteiger partial charge in [-0.05, 0) is 26.0 Å². The van der Waals surface area contributed by atoms with E-state index >= 15 is 0 Å². The Hall–Kier alpha value is -0.120. The first-order valence-electron chi connectivity index (χ1n) is 4.22. The van der Waals surface area contributed by atoms with Crippen LogP contribution >= 0.6 is 27.3 Å². The lowest BCUT2D eigenvalue weighted by Crippen LogP contribution is -2.18. The highest BCUT2D eigenvalue weighted by Gasteiger charge is 2.06. The third-order valence-corrected chi connectivity index (χ3v) is 3.25. The Morgan fingerprint density at radius 2 is 2.38 bits per heavy atom. The van der Waals surface area contributed by atoms with Crippen molar-refractivity contribution in [3.63, 3.8) is 0 Å². The molecule has 0 aliphatic heterocycles. The van der Waals surface area contributed by atoms with Gasteiger partial charge in [-0.15, -0.1) is 11.3 Å². The van der Waals surface area contributed by atoms with Crippen molar-refractivity contribution in [2.45, 2.75) is 19.9 Å². The number of aryl methyl sites for hydroxylation is 1. The van der Waals surface area contributed by atoms with Crippen molar-refractivity contribution in [2.24, 2.45) is 0 Å². The van der Waals surface area contributed by atoms with Gasteiger partial charge < -0.3 is 5.32 Å². The van der Waals surface area contributed by atoms with Gasteiger partial charge >= 0.3 is 0 Å². The van der Waals surface area contributed by atoms with E-state index in [1.54, 1.807) is 0 Å². The molecule has 1 heterocycles. The van der Waals surface area contributed by atoms with Crippen LogP contribution in [0.2, 0.25) is 0 Å². The van der Waals surface area contributed by atoms with Crippen molar-refractivity contribution >= 4 is 27.3 Å². The SMILES string of the molecule is C=C(Br)CNC(C)c1ccc(C)s1. The highest BCUT2D eigenvalue weighted by atomic mass is 79.9. The van der Waals surface area contributed by atoms with Gasteiger partial charge in [-0.2, -0.15) is 0 Å². The van der Waals surface area contributed by atoms with E-state index in [1.807, 2.05) is 11.3 Å². The zero-order valence-electron chi connectivity index (χ0n) is 7.93. The molecule has 0 saturated carbocycles.